The lowest BCUT2D eigenvalue weighted by molar-refractivity contribution is -0.122. The zero-order chi connectivity index (χ0) is 22.4. The van der Waals surface area contributed by atoms with Crippen LogP contribution in [0, 0.1) is 0 Å². The Labute approximate surface area is 185 Å². The first-order valence-corrected chi connectivity index (χ1v) is 12.3. The second-order valence-corrected chi connectivity index (χ2v) is 9.81. The van der Waals surface area contributed by atoms with Gasteiger partial charge in [-0.25, -0.2) is 8.42 Å². The maximum absolute atomic E-state index is 12.7. The molecule has 0 saturated carbocycles. The molecule has 1 aliphatic rings. The van der Waals surface area contributed by atoms with Gasteiger partial charge in [0.1, 0.15) is 11.8 Å². The highest BCUT2D eigenvalue weighted by Crippen LogP contribution is 2.24. The molecule has 31 heavy (non-hydrogen) atoms. The minimum atomic E-state index is -3.65. The number of carbonyl (C=O) groups excluding carboxylic acids is 1. The van der Waals surface area contributed by atoms with Crippen molar-refractivity contribution in [1.29, 1.82) is 0 Å². The molecule has 7 nitrogen and oxygen atoms in total. The molecule has 0 spiro atoms. The number of sulfonamides is 1. The number of anilines is 1. The van der Waals surface area contributed by atoms with Gasteiger partial charge in [-0.15, -0.1) is 0 Å². The lowest BCUT2D eigenvalue weighted by Crippen LogP contribution is -2.47. The smallest absolute Gasteiger partial charge is 0.243 e. The highest BCUT2D eigenvalue weighted by Gasteiger charge is 2.29. The number of likely N-dealkylation sites (tertiary alicyclic amines) is 1. The van der Waals surface area contributed by atoms with E-state index >= 15 is 0 Å². The van der Waals surface area contributed by atoms with E-state index in [1.807, 2.05) is 12.1 Å². The first-order valence-electron chi connectivity index (χ1n) is 10.5. The van der Waals surface area contributed by atoms with Crippen molar-refractivity contribution in [1.82, 2.24) is 10.2 Å². The second-order valence-electron chi connectivity index (χ2n) is 7.95. The van der Waals surface area contributed by atoms with E-state index in [2.05, 4.69) is 22.3 Å². The summed E-state index contributed by atoms with van der Waals surface area (Å²) in [6.45, 7) is 5.18. The molecule has 1 heterocycles. The van der Waals surface area contributed by atoms with Crippen LogP contribution in [-0.4, -0.2) is 51.7 Å². The standard InChI is InChI=1S/C23H31N3O4S/c1-18(26(31(3,28)29)21-10-12-22(30-2)13-11-21)23(27)24-16-19-6-8-20(9-7-19)17-25-14-4-5-15-25/h6-13,18H,4-5,14-17H2,1-3H3,(H,24,27)/t18-/m0/s1. The van der Waals surface area contributed by atoms with Crippen LogP contribution < -0.4 is 14.4 Å². The summed E-state index contributed by atoms with van der Waals surface area (Å²) in [6, 6.07) is 13.9. The molecule has 168 valence electrons. The first kappa shape index (κ1) is 23.1. The Bertz CT molecular complexity index is 969. The predicted molar refractivity (Wildman–Crippen MR) is 123 cm³/mol. The summed E-state index contributed by atoms with van der Waals surface area (Å²) < 4.78 is 31.0. The Kier molecular flexibility index (Phi) is 7.56. The fraction of sp³-hybridized carbons (Fsp3) is 0.435. The fourth-order valence-electron chi connectivity index (χ4n) is 3.84. The van der Waals surface area contributed by atoms with E-state index in [1.165, 1.54) is 18.4 Å². The quantitative estimate of drug-likeness (QED) is 0.642. The number of benzene rings is 2. The Morgan fingerprint density at radius 2 is 1.65 bits per heavy atom. The van der Waals surface area contributed by atoms with Gasteiger partial charge in [0, 0.05) is 13.1 Å². The largest absolute Gasteiger partial charge is 0.497 e. The third-order valence-corrected chi connectivity index (χ3v) is 6.75. The van der Waals surface area contributed by atoms with Gasteiger partial charge in [0.2, 0.25) is 15.9 Å². The summed E-state index contributed by atoms with van der Waals surface area (Å²) in [5.41, 5.74) is 2.64. The minimum absolute atomic E-state index is 0.341. The lowest BCUT2D eigenvalue weighted by atomic mass is 10.1. The van der Waals surface area contributed by atoms with Crippen LogP contribution in [0.4, 0.5) is 5.69 Å². The van der Waals surface area contributed by atoms with Crippen LogP contribution in [0.3, 0.4) is 0 Å². The summed E-state index contributed by atoms with van der Waals surface area (Å²) in [5.74, 6) is 0.255. The van der Waals surface area contributed by atoms with Gasteiger partial charge in [0.25, 0.3) is 0 Å². The molecule has 0 aliphatic carbocycles. The van der Waals surface area contributed by atoms with Crippen molar-refractivity contribution < 1.29 is 17.9 Å². The van der Waals surface area contributed by atoms with E-state index in [-0.39, 0.29) is 5.91 Å². The number of hydrogen-bond donors (Lipinski definition) is 1. The SMILES string of the molecule is COc1ccc(N([C@@H](C)C(=O)NCc2ccc(CN3CCCC3)cc2)S(C)(=O)=O)cc1. The molecule has 1 N–H and O–H groups in total. The second kappa shape index (κ2) is 10.2. The molecule has 2 aromatic carbocycles. The molecule has 2 aromatic rings. The molecule has 1 fully saturated rings. The molecule has 1 amide bonds. The Hall–Kier alpha value is -2.58. The summed E-state index contributed by atoms with van der Waals surface area (Å²) in [6.07, 6.45) is 3.63. The number of amides is 1. The molecular formula is C23H31N3O4S. The number of nitrogens with zero attached hydrogens (tertiary/aromatic N) is 2. The monoisotopic (exact) mass is 445 g/mol. The van der Waals surface area contributed by atoms with Gasteiger partial charge >= 0.3 is 0 Å². The zero-order valence-electron chi connectivity index (χ0n) is 18.4. The molecule has 3 rings (SSSR count). The van der Waals surface area contributed by atoms with Gasteiger partial charge in [-0.2, -0.15) is 0 Å². The maximum atomic E-state index is 12.7. The van der Waals surface area contributed by atoms with E-state index in [1.54, 1.807) is 38.3 Å². The Morgan fingerprint density at radius 3 is 2.19 bits per heavy atom. The van der Waals surface area contributed by atoms with Crippen LogP contribution >= 0.6 is 0 Å². The topological polar surface area (TPSA) is 79.0 Å². The van der Waals surface area contributed by atoms with E-state index < -0.39 is 16.1 Å². The van der Waals surface area contributed by atoms with Crippen molar-refractivity contribution in [2.45, 2.75) is 38.9 Å². The molecule has 1 atom stereocenters. The summed E-state index contributed by atoms with van der Waals surface area (Å²) >= 11 is 0. The summed E-state index contributed by atoms with van der Waals surface area (Å²) in [4.78, 5) is 15.2. The van der Waals surface area contributed by atoms with Crippen molar-refractivity contribution >= 4 is 21.6 Å². The molecule has 0 bridgehead atoms. The molecule has 8 heteroatoms. The van der Waals surface area contributed by atoms with Gasteiger partial charge in [-0.3, -0.25) is 14.0 Å². The van der Waals surface area contributed by atoms with Crippen LogP contribution in [0.5, 0.6) is 5.75 Å². The van der Waals surface area contributed by atoms with Crippen LogP contribution in [0.1, 0.15) is 30.9 Å². The Morgan fingerprint density at radius 1 is 1.06 bits per heavy atom. The highest BCUT2D eigenvalue weighted by molar-refractivity contribution is 7.92. The fourth-order valence-corrected chi connectivity index (χ4v) is 5.01. The number of hydrogen-bond acceptors (Lipinski definition) is 5. The van der Waals surface area contributed by atoms with Crippen LogP contribution in [0.25, 0.3) is 0 Å². The average molecular weight is 446 g/mol. The van der Waals surface area contributed by atoms with Gasteiger partial charge in [-0.05, 0) is 68.2 Å². The first-order chi connectivity index (χ1) is 14.8. The zero-order valence-corrected chi connectivity index (χ0v) is 19.2. The van der Waals surface area contributed by atoms with E-state index in [9.17, 15) is 13.2 Å². The minimum Gasteiger partial charge on any atom is -0.497 e. The summed E-state index contributed by atoms with van der Waals surface area (Å²) in [5, 5.41) is 2.86. The number of methoxy groups -OCH3 is 1. The van der Waals surface area contributed by atoms with Crippen molar-refractivity contribution in [3.05, 3.63) is 59.7 Å². The molecule has 0 radical (unpaired) electrons. The molecule has 1 aliphatic heterocycles. The Balaban J connectivity index is 1.62. The molecule has 0 aromatic heterocycles. The van der Waals surface area contributed by atoms with Crippen LogP contribution in [0.2, 0.25) is 0 Å². The van der Waals surface area contributed by atoms with Gasteiger partial charge in [-0.1, -0.05) is 24.3 Å². The maximum Gasteiger partial charge on any atom is 0.243 e. The number of carbonyl (C=O) groups is 1. The molecule has 1 saturated heterocycles. The van der Waals surface area contributed by atoms with Gasteiger partial charge in [0.05, 0.1) is 19.1 Å². The van der Waals surface area contributed by atoms with Gasteiger partial charge in [0.15, 0.2) is 0 Å². The average Bonchev–Trinajstić information content (AvgIpc) is 3.25. The van der Waals surface area contributed by atoms with Crippen molar-refractivity contribution in [3.8, 4) is 5.75 Å². The predicted octanol–water partition coefficient (Wildman–Crippen LogP) is 2.76. The van der Waals surface area contributed by atoms with Crippen LogP contribution in [0.15, 0.2) is 48.5 Å². The van der Waals surface area contributed by atoms with Crippen molar-refractivity contribution in [3.63, 3.8) is 0 Å². The third kappa shape index (κ3) is 6.21. The van der Waals surface area contributed by atoms with E-state index in [4.69, 9.17) is 4.74 Å². The summed E-state index contributed by atoms with van der Waals surface area (Å²) in [7, 11) is -2.11. The van der Waals surface area contributed by atoms with Crippen LogP contribution in [-0.2, 0) is 27.9 Å². The number of nitrogens with one attached hydrogen (secondary N) is 1. The van der Waals surface area contributed by atoms with Crippen molar-refractivity contribution in [2.24, 2.45) is 0 Å². The highest BCUT2D eigenvalue weighted by atomic mass is 32.2. The molecular weight excluding hydrogens is 414 g/mol. The van der Waals surface area contributed by atoms with E-state index in [0.717, 1.165) is 35.8 Å². The number of ether oxygens (including phenoxy) is 1. The normalized spacial score (nSPS) is 15.5. The third-order valence-electron chi connectivity index (χ3n) is 5.51. The van der Waals surface area contributed by atoms with Gasteiger partial charge < -0.3 is 10.1 Å². The molecule has 0 unspecified atom stereocenters. The lowest BCUT2D eigenvalue weighted by Gasteiger charge is -2.28. The number of rotatable bonds is 9. The van der Waals surface area contributed by atoms with E-state index in [0.29, 0.717) is 18.0 Å². The van der Waals surface area contributed by atoms with Crippen molar-refractivity contribution in [2.75, 3.05) is 30.8 Å².